The number of hydrogen-bond donors (Lipinski definition) is 0. The molecular formula is C15H22N4O3. The molecule has 3 heterocycles. The van der Waals surface area contributed by atoms with Crippen LogP contribution in [0.5, 0.6) is 0 Å². The molecule has 1 saturated carbocycles. The van der Waals surface area contributed by atoms with E-state index in [2.05, 4.69) is 9.88 Å². The van der Waals surface area contributed by atoms with Gasteiger partial charge in [-0.1, -0.05) is 6.42 Å². The largest absolute Gasteiger partial charge is 0.406 e. The van der Waals surface area contributed by atoms with Gasteiger partial charge in [0.1, 0.15) is 0 Å². The lowest BCUT2D eigenvalue weighted by atomic mass is 9.71. The van der Waals surface area contributed by atoms with Crippen molar-refractivity contribution < 1.29 is 9.66 Å². The summed E-state index contributed by atoms with van der Waals surface area (Å²) in [4.78, 5) is 17.3. The third-order valence-corrected chi connectivity index (χ3v) is 5.97. The predicted molar refractivity (Wildman–Crippen MR) is 80.8 cm³/mol. The zero-order valence-corrected chi connectivity index (χ0v) is 12.9. The Morgan fingerprint density at radius 3 is 2.91 bits per heavy atom. The van der Waals surface area contributed by atoms with Crippen LogP contribution in [0.15, 0.2) is 6.33 Å². The monoisotopic (exact) mass is 306 g/mol. The molecule has 0 radical (unpaired) electrons. The zero-order valence-electron chi connectivity index (χ0n) is 12.9. The van der Waals surface area contributed by atoms with Gasteiger partial charge in [-0.3, -0.25) is 4.57 Å². The first-order valence-corrected chi connectivity index (χ1v) is 8.12. The fourth-order valence-electron chi connectivity index (χ4n) is 5.01. The van der Waals surface area contributed by atoms with Crippen LogP contribution in [0.25, 0.3) is 0 Å². The Kier molecular flexibility index (Phi) is 3.14. The number of hydrogen-bond acceptors (Lipinski definition) is 5. The Morgan fingerprint density at radius 1 is 1.41 bits per heavy atom. The molecule has 4 rings (SSSR count). The minimum atomic E-state index is -0.353. The molecule has 1 aromatic rings. The van der Waals surface area contributed by atoms with Crippen LogP contribution in [-0.2, 0) is 11.8 Å². The van der Waals surface area contributed by atoms with Crippen LogP contribution in [0.1, 0.15) is 32.1 Å². The van der Waals surface area contributed by atoms with E-state index in [9.17, 15) is 10.1 Å². The normalized spacial score (nSPS) is 30.0. The van der Waals surface area contributed by atoms with Gasteiger partial charge in [-0.05, 0) is 46.9 Å². The molecule has 0 aromatic carbocycles. The number of anilines is 1. The Bertz CT molecular complexity index is 594. The van der Waals surface area contributed by atoms with Crippen molar-refractivity contribution in [2.75, 3.05) is 24.7 Å². The first-order chi connectivity index (χ1) is 10.6. The van der Waals surface area contributed by atoms with Gasteiger partial charge < -0.3 is 19.8 Å². The molecule has 22 heavy (non-hydrogen) atoms. The van der Waals surface area contributed by atoms with Crippen molar-refractivity contribution in [2.24, 2.45) is 18.4 Å². The summed E-state index contributed by atoms with van der Waals surface area (Å²) in [6.45, 7) is 2.56. The minimum Gasteiger partial charge on any atom is -0.381 e. The van der Waals surface area contributed by atoms with E-state index in [1.165, 1.54) is 12.8 Å². The summed E-state index contributed by atoms with van der Waals surface area (Å²) < 4.78 is 7.38. The summed E-state index contributed by atoms with van der Waals surface area (Å²) in [6.07, 6.45) is 7.32. The SMILES string of the molecule is Cn1cnc([N+](=O)[O-])c1N1CC2(CCOCC2)[C@@H]2CCC[C@@H]21. The van der Waals surface area contributed by atoms with Gasteiger partial charge in [0, 0.05) is 32.8 Å². The Hall–Kier alpha value is -1.63. The number of fused-ring (bicyclic) bond motifs is 2. The summed E-state index contributed by atoms with van der Waals surface area (Å²) in [5, 5.41) is 11.3. The van der Waals surface area contributed by atoms with Crippen molar-refractivity contribution >= 4 is 11.6 Å². The first-order valence-electron chi connectivity index (χ1n) is 8.12. The fraction of sp³-hybridized carbons (Fsp3) is 0.800. The highest BCUT2D eigenvalue weighted by Crippen LogP contribution is 2.55. The predicted octanol–water partition coefficient (Wildman–Crippen LogP) is 2.11. The lowest BCUT2D eigenvalue weighted by Gasteiger charge is -2.37. The smallest absolute Gasteiger partial charge is 0.381 e. The van der Waals surface area contributed by atoms with Gasteiger partial charge in [-0.15, -0.1) is 0 Å². The average molecular weight is 306 g/mol. The van der Waals surface area contributed by atoms with Crippen molar-refractivity contribution in [2.45, 2.75) is 38.1 Å². The van der Waals surface area contributed by atoms with Crippen LogP contribution in [0.2, 0.25) is 0 Å². The van der Waals surface area contributed by atoms with Crippen LogP contribution in [0, 0.1) is 21.4 Å². The molecule has 7 heteroatoms. The second-order valence-electron chi connectivity index (χ2n) is 6.97. The molecule has 3 fully saturated rings. The molecule has 7 nitrogen and oxygen atoms in total. The Labute approximate surface area is 129 Å². The van der Waals surface area contributed by atoms with Gasteiger partial charge in [0.15, 0.2) is 0 Å². The summed E-state index contributed by atoms with van der Waals surface area (Å²) in [5.41, 5.74) is 0.275. The summed E-state index contributed by atoms with van der Waals surface area (Å²) >= 11 is 0. The van der Waals surface area contributed by atoms with Crippen LogP contribution in [0.4, 0.5) is 11.6 Å². The van der Waals surface area contributed by atoms with Crippen molar-refractivity contribution in [3.05, 3.63) is 16.4 Å². The summed E-state index contributed by atoms with van der Waals surface area (Å²) in [5.74, 6) is 1.33. The third-order valence-electron chi connectivity index (χ3n) is 5.97. The third kappa shape index (κ3) is 1.87. The summed E-state index contributed by atoms with van der Waals surface area (Å²) in [6, 6.07) is 0.423. The number of rotatable bonds is 2. The van der Waals surface area contributed by atoms with Gasteiger partial charge in [0.25, 0.3) is 0 Å². The van der Waals surface area contributed by atoms with Gasteiger partial charge in [0.2, 0.25) is 12.1 Å². The van der Waals surface area contributed by atoms with Crippen molar-refractivity contribution in [3.63, 3.8) is 0 Å². The van der Waals surface area contributed by atoms with E-state index in [0.717, 1.165) is 39.0 Å². The van der Waals surface area contributed by atoms with E-state index in [1.807, 2.05) is 11.6 Å². The molecule has 1 aliphatic carbocycles. The van der Waals surface area contributed by atoms with Crippen LogP contribution < -0.4 is 4.90 Å². The van der Waals surface area contributed by atoms with E-state index in [1.54, 1.807) is 6.33 Å². The standard InChI is InChI=1S/C15H22N4O3/c1-17-10-16-13(19(20)21)14(17)18-9-15(5-7-22-8-6-15)11-3-2-4-12(11)18/h10-12H,2-9H2,1H3/t11-,12+/m1/s1. The second kappa shape index (κ2) is 4.94. The molecule has 120 valence electrons. The van der Waals surface area contributed by atoms with Crippen LogP contribution >= 0.6 is 0 Å². The molecule has 0 amide bonds. The maximum absolute atomic E-state index is 11.3. The fourth-order valence-corrected chi connectivity index (χ4v) is 5.01. The van der Waals surface area contributed by atoms with E-state index in [0.29, 0.717) is 17.8 Å². The lowest BCUT2D eigenvalue weighted by molar-refractivity contribution is -0.388. The molecule has 0 bridgehead atoms. The highest BCUT2D eigenvalue weighted by atomic mass is 16.6. The quantitative estimate of drug-likeness (QED) is 0.618. The summed E-state index contributed by atoms with van der Waals surface area (Å²) in [7, 11) is 1.86. The maximum Gasteiger partial charge on any atom is 0.406 e. The van der Waals surface area contributed by atoms with Gasteiger partial charge in [0.05, 0.1) is 0 Å². The van der Waals surface area contributed by atoms with E-state index in [4.69, 9.17) is 4.74 Å². The van der Waals surface area contributed by atoms with Gasteiger partial charge >= 0.3 is 5.82 Å². The molecule has 0 N–H and O–H groups in total. The van der Waals surface area contributed by atoms with Gasteiger partial charge in [-0.25, -0.2) is 0 Å². The van der Waals surface area contributed by atoms with Crippen LogP contribution in [0.3, 0.4) is 0 Å². The number of imidazole rings is 1. The molecule has 3 aliphatic rings. The molecule has 1 spiro atoms. The number of nitrogens with zero attached hydrogens (tertiary/aromatic N) is 4. The number of ether oxygens (including phenoxy) is 1. The highest BCUT2D eigenvalue weighted by molar-refractivity contribution is 5.57. The Balaban J connectivity index is 1.74. The van der Waals surface area contributed by atoms with Crippen molar-refractivity contribution in [1.29, 1.82) is 0 Å². The average Bonchev–Trinajstić information content (AvgIpc) is 3.17. The number of aromatic nitrogens is 2. The highest BCUT2D eigenvalue weighted by Gasteiger charge is 2.55. The van der Waals surface area contributed by atoms with E-state index >= 15 is 0 Å². The first kappa shape index (κ1) is 14.0. The topological polar surface area (TPSA) is 73.4 Å². The number of aryl methyl sites for hydroxylation is 1. The van der Waals surface area contributed by atoms with Crippen molar-refractivity contribution in [3.8, 4) is 0 Å². The minimum absolute atomic E-state index is 0.00254. The van der Waals surface area contributed by atoms with E-state index in [-0.39, 0.29) is 16.2 Å². The molecule has 2 atom stereocenters. The second-order valence-corrected chi connectivity index (χ2v) is 6.97. The molecule has 0 unspecified atom stereocenters. The zero-order chi connectivity index (χ0) is 15.3. The molecule has 2 saturated heterocycles. The number of nitro groups is 1. The van der Waals surface area contributed by atoms with Gasteiger partial charge in [-0.2, -0.15) is 0 Å². The van der Waals surface area contributed by atoms with Crippen molar-refractivity contribution in [1.82, 2.24) is 9.55 Å². The molecule has 1 aromatic heterocycles. The Morgan fingerprint density at radius 2 is 2.18 bits per heavy atom. The van der Waals surface area contributed by atoms with Crippen LogP contribution in [-0.4, -0.2) is 40.3 Å². The lowest BCUT2D eigenvalue weighted by Crippen LogP contribution is -2.37. The van der Waals surface area contributed by atoms with E-state index < -0.39 is 0 Å². The molecule has 2 aliphatic heterocycles. The maximum atomic E-state index is 11.3. The molecular weight excluding hydrogens is 284 g/mol.